The van der Waals surface area contributed by atoms with Crippen molar-refractivity contribution in [1.29, 1.82) is 0 Å². The lowest BCUT2D eigenvalue weighted by atomic mass is 10.0. The average Bonchev–Trinajstić information content (AvgIpc) is 2.61. The highest BCUT2D eigenvalue weighted by molar-refractivity contribution is 9.10. The third kappa shape index (κ3) is 3.03. The Morgan fingerprint density at radius 3 is 2.71 bits per heavy atom. The molecule has 0 spiro atoms. The molecule has 1 aromatic heterocycles. The van der Waals surface area contributed by atoms with Gasteiger partial charge in [0.05, 0.1) is 11.2 Å². The molecular weight excluding hydrogens is 362 g/mol. The van der Waals surface area contributed by atoms with Gasteiger partial charge in [-0.05, 0) is 37.0 Å². The molecule has 1 saturated heterocycles. The highest BCUT2D eigenvalue weighted by Gasteiger charge is 2.20. The molecule has 0 bridgehead atoms. The zero-order valence-electron chi connectivity index (χ0n) is 13.7. The van der Waals surface area contributed by atoms with Gasteiger partial charge in [-0.3, -0.25) is 0 Å². The SMILES string of the molecule is C[C@@H]1CCCN(c2nc(-c3ccccc3)c3cc(Br)ccc3n2)C1. The molecule has 2 heterocycles. The standard InChI is InChI=1S/C20H20BrN3/c1-14-6-5-11-24(13-14)20-22-18-10-9-16(21)12-17(18)19(23-20)15-7-3-2-4-8-15/h2-4,7-10,12,14H,5-6,11,13H2,1H3/t14-/m1/s1. The maximum Gasteiger partial charge on any atom is 0.226 e. The maximum absolute atomic E-state index is 4.96. The lowest BCUT2D eigenvalue weighted by Gasteiger charge is -2.31. The molecule has 3 aromatic rings. The Balaban J connectivity index is 1.89. The van der Waals surface area contributed by atoms with Gasteiger partial charge in [0.2, 0.25) is 5.95 Å². The zero-order chi connectivity index (χ0) is 16.5. The van der Waals surface area contributed by atoms with E-state index < -0.39 is 0 Å². The minimum absolute atomic E-state index is 0.697. The van der Waals surface area contributed by atoms with Crippen LogP contribution in [0.3, 0.4) is 0 Å². The summed E-state index contributed by atoms with van der Waals surface area (Å²) in [5.41, 5.74) is 3.14. The van der Waals surface area contributed by atoms with Crippen LogP contribution in [0.25, 0.3) is 22.2 Å². The number of piperidine rings is 1. The molecule has 1 atom stereocenters. The first kappa shape index (κ1) is 15.6. The predicted octanol–water partition coefficient (Wildman–Crippen LogP) is 5.30. The minimum Gasteiger partial charge on any atom is -0.341 e. The van der Waals surface area contributed by atoms with Crippen LogP contribution in [0.2, 0.25) is 0 Å². The van der Waals surface area contributed by atoms with Crippen LogP contribution in [0.1, 0.15) is 19.8 Å². The zero-order valence-corrected chi connectivity index (χ0v) is 15.3. The Bertz CT molecular complexity index is 863. The van der Waals surface area contributed by atoms with E-state index >= 15 is 0 Å². The van der Waals surface area contributed by atoms with Crippen molar-refractivity contribution in [3.05, 3.63) is 53.0 Å². The van der Waals surface area contributed by atoms with Crippen molar-refractivity contribution < 1.29 is 0 Å². The summed E-state index contributed by atoms with van der Waals surface area (Å²) in [6, 6.07) is 16.6. The van der Waals surface area contributed by atoms with Gasteiger partial charge >= 0.3 is 0 Å². The summed E-state index contributed by atoms with van der Waals surface area (Å²) in [6.45, 7) is 4.39. The highest BCUT2D eigenvalue weighted by atomic mass is 79.9. The first-order valence-electron chi connectivity index (χ1n) is 8.48. The molecule has 4 rings (SSSR count). The van der Waals surface area contributed by atoms with Gasteiger partial charge < -0.3 is 4.90 Å². The summed E-state index contributed by atoms with van der Waals surface area (Å²) in [6.07, 6.45) is 2.51. The lowest BCUT2D eigenvalue weighted by molar-refractivity contribution is 0.442. The van der Waals surface area contributed by atoms with Crippen LogP contribution in [0.15, 0.2) is 53.0 Å². The first-order valence-corrected chi connectivity index (χ1v) is 9.28. The Hall–Kier alpha value is -1.94. The summed E-state index contributed by atoms with van der Waals surface area (Å²) in [7, 11) is 0. The van der Waals surface area contributed by atoms with Crippen LogP contribution < -0.4 is 4.90 Å². The Morgan fingerprint density at radius 1 is 1.08 bits per heavy atom. The van der Waals surface area contributed by atoms with E-state index in [0.29, 0.717) is 5.92 Å². The van der Waals surface area contributed by atoms with Crippen molar-refractivity contribution in [1.82, 2.24) is 9.97 Å². The van der Waals surface area contributed by atoms with Crippen LogP contribution in [0.4, 0.5) is 5.95 Å². The molecule has 0 aliphatic carbocycles. The van der Waals surface area contributed by atoms with Gasteiger partial charge in [0.15, 0.2) is 0 Å². The quantitative estimate of drug-likeness (QED) is 0.603. The lowest BCUT2D eigenvalue weighted by Crippen LogP contribution is -2.35. The van der Waals surface area contributed by atoms with Crippen molar-refractivity contribution in [3.63, 3.8) is 0 Å². The van der Waals surface area contributed by atoms with E-state index in [1.165, 1.54) is 12.8 Å². The third-order valence-electron chi connectivity index (χ3n) is 4.63. The van der Waals surface area contributed by atoms with Crippen LogP contribution in [-0.4, -0.2) is 23.1 Å². The van der Waals surface area contributed by atoms with Crippen molar-refractivity contribution in [2.24, 2.45) is 5.92 Å². The molecule has 122 valence electrons. The Labute approximate surface area is 150 Å². The smallest absolute Gasteiger partial charge is 0.226 e. The van der Waals surface area contributed by atoms with E-state index in [1.54, 1.807) is 0 Å². The van der Waals surface area contributed by atoms with E-state index in [4.69, 9.17) is 9.97 Å². The summed E-state index contributed by atoms with van der Waals surface area (Å²) in [4.78, 5) is 12.2. The highest BCUT2D eigenvalue weighted by Crippen LogP contribution is 2.31. The van der Waals surface area contributed by atoms with Crippen LogP contribution >= 0.6 is 15.9 Å². The predicted molar refractivity (Wildman–Crippen MR) is 103 cm³/mol. The number of benzene rings is 2. The van der Waals surface area contributed by atoms with Gasteiger partial charge in [-0.25, -0.2) is 9.97 Å². The average molecular weight is 382 g/mol. The number of hydrogen-bond donors (Lipinski definition) is 0. The third-order valence-corrected chi connectivity index (χ3v) is 5.13. The van der Waals surface area contributed by atoms with E-state index in [2.05, 4.69) is 64.2 Å². The van der Waals surface area contributed by atoms with Crippen molar-refractivity contribution in [3.8, 4) is 11.3 Å². The number of aromatic nitrogens is 2. The number of rotatable bonds is 2. The molecule has 1 aliphatic rings. The Kier molecular flexibility index (Phi) is 4.23. The largest absolute Gasteiger partial charge is 0.341 e. The summed E-state index contributed by atoms with van der Waals surface area (Å²) >= 11 is 3.58. The Morgan fingerprint density at radius 2 is 1.92 bits per heavy atom. The second-order valence-corrected chi connectivity index (χ2v) is 7.51. The second kappa shape index (κ2) is 6.52. The van der Waals surface area contributed by atoms with Gasteiger partial charge in [0.1, 0.15) is 0 Å². The second-order valence-electron chi connectivity index (χ2n) is 6.59. The first-order chi connectivity index (χ1) is 11.7. The molecule has 24 heavy (non-hydrogen) atoms. The van der Waals surface area contributed by atoms with Crippen LogP contribution in [0, 0.1) is 5.92 Å². The van der Waals surface area contributed by atoms with Gasteiger partial charge in [0.25, 0.3) is 0 Å². The van der Waals surface area contributed by atoms with E-state index in [0.717, 1.165) is 45.7 Å². The minimum atomic E-state index is 0.697. The maximum atomic E-state index is 4.96. The summed E-state index contributed by atoms with van der Waals surface area (Å²) in [5, 5.41) is 1.09. The molecule has 3 nitrogen and oxygen atoms in total. The normalized spacial score (nSPS) is 18.1. The topological polar surface area (TPSA) is 29.0 Å². The molecule has 1 aliphatic heterocycles. The van der Waals surface area contributed by atoms with Crippen molar-refractivity contribution in [2.45, 2.75) is 19.8 Å². The fraction of sp³-hybridized carbons (Fsp3) is 0.300. The van der Waals surface area contributed by atoms with Crippen molar-refractivity contribution in [2.75, 3.05) is 18.0 Å². The monoisotopic (exact) mass is 381 g/mol. The van der Waals surface area contributed by atoms with Gasteiger partial charge in [-0.2, -0.15) is 0 Å². The van der Waals surface area contributed by atoms with Gasteiger partial charge in [0, 0.05) is 28.5 Å². The number of anilines is 1. The summed E-state index contributed by atoms with van der Waals surface area (Å²) in [5.74, 6) is 1.55. The molecule has 0 N–H and O–H groups in total. The fourth-order valence-corrected chi connectivity index (χ4v) is 3.78. The van der Waals surface area contributed by atoms with E-state index in [9.17, 15) is 0 Å². The molecule has 0 amide bonds. The molecule has 1 fully saturated rings. The molecular formula is C20H20BrN3. The van der Waals surface area contributed by atoms with Crippen LogP contribution in [0.5, 0.6) is 0 Å². The van der Waals surface area contributed by atoms with Gasteiger partial charge in [-0.15, -0.1) is 0 Å². The van der Waals surface area contributed by atoms with E-state index in [-0.39, 0.29) is 0 Å². The molecule has 2 aromatic carbocycles. The van der Waals surface area contributed by atoms with Crippen molar-refractivity contribution >= 4 is 32.8 Å². The number of halogens is 1. The number of hydrogen-bond acceptors (Lipinski definition) is 3. The van der Waals surface area contributed by atoms with Gasteiger partial charge in [-0.1, -0.05) is 53.2 Å². The fourth-order valence-electron chi connectivity index (χ4n) is 3.42. The molecule has 0 unspecified atom stereocenters. The molecule has 4 heteroatoms. The molecule has 0 saturated carbocycles. The van der Waals surface area contributed by atoms with Crippen LogP contribution in [-0.2, 0) is 0 Å². The van der Waals surface area contributed by atoms with E-state index in [1.807, 2.05) is 12.1 Å². The molecule has 0 radical (unpaired) electrons. The number of fused-ring (bicyclic) bond motifs is 1. The number of nitrogens with zero attached hydrogens (tertiary/aromatic N) is 3. The summed E-state index contributed by atoms with van der Waals surface area (Å²) < 4.78 is 1.05.